The van der Waals surface area contributed by atoms with Crippen molar-refractivity contribution in [2.24, 2.45) is 0 Å². The van der Waals surface area contributed by atoms with Crippen LogP contribution in [0.4, 0.5) is 21.0 Å². The van der Waals surface area contributed by atoms with Crippen LogP contribution >= 0.6 is 0 Å². The number of carbonyl (C=O) groups excluding carboxylic acids is 1. The summed E-state index contributed by atoms with van der Waals surface area (Å²) in [4.78, 5) is 42.0. The van der Waals surface area contributed by atoms with Crippen LogP contribution < -0.4 is 15.2 Å². The molecule has 1 aromatic carbocycles. The topological polar surface area (TPSA) is 106 Å². The molecular formula is C26H23FN6O4. The highest BCUT2D eigenvalue weighted by Crippen LogP contribution is 2.33. The van der Waals surface area contributed by atoms with Crippen molar-refractivity contribution in [3.05, 3.63) is 81.6 Å². The van der Waals surface area contributed by atoms with Gasteiger partial charge in [0.05, 0.1) is 24.3 Å². The molecule has 1 amide bonds. The van der Waals surface area contributed by atoms with Crippen LogP contribution in [0.15, 0.2) is 47.7 Å². The summed E-state index contributed by atoms with van der Waals surface area (Å²) in [6.07, 6.45) is 4.05. The monoisotopic (exact) mass is 502 g/mol. The predicted octanol–water partition coefficient (Wildman–Crippen LogP) is 4.65. The lowest BCUT2D eigenvalue weighted by atomic mass is 10.0. The number of anilines is 1. The molecule has 1 aliphatic rings. The van der Waals surface area contributed by atoms with E-state index < -0.39 is 17.5 Å². The maximum Gasteiger partial charge on any atom is 0.417 e. The Morgan fingerprint density at radius 1 is 1.32 bits per heavy atom. The van der Waals surface area contributed by atoms with Crippen LogP contribution in [0.3, 0.4) is 0 Å². The molecule has 0 unspecified atom stereocenters. The number of pyridine rings is 1. The Labute approximate surface area is 211 Å². The first-order valence-corrected chi connectivity index (χ1v) is 11.5. The van der Waals surface area contributed by atoms with E-state index in [0.29, 0.717) is 35.5 Å². The Morgan fingerprint density at radius 2 is 2.14 bits per heavy atom. The van der Waals surface area contributed by atoms with Crippen LogP contribution in [0, 0.1) is 12.4 Å². The fraction of sp³-hybridized carbons (Fsp3) is 0.269. The Kier molecular flexibility index (Phi) is 5.87. The zero-order valence-corrected chi connectivity index (χ0v) is 20.4. The van der Waals surface area contributed by atoms with Crippen LogP contribution in [-0.2, 0) is 17.7 Å². The number of H-pyrrole nitrogens is 1. The molecule has 0 atom stereocenters. The molecule has 0 fully saturated rings. The molecule has 0 bridgehead atoms. The second-order valence-electron chi connectivity index (χ2n) is 9.46. The first-order chi connectivity index (χ1) is 17.7. The van der Waals surface area contributed by atoms with Crippen molar-refractivity contribution in [2.75, 3.05) is 11.5 Å². The van der Waals surface area contributed by atoms with Gasteiger partial charge in [-0.2, -0.15) is 0 Å². The normalized spacial score (nSPS) is 12.6. The van der Waals surface area contributed by atoms with Crippen molar-refractivity contribution in [3.63, 3.8) is 0 Å². The van der Waals surface area contributed by atoms with E-state index in [9.17, 15) is 9.59 Å². The van der Waals surface area contributed by atoms with E-state index in [2.05, 4.69) is 19.8 Å². The number of aromatic amines is 1. The molecule has 11 heteroatoms. The molecule has 0 aliphatic carbocycles. The van der Waals surface area contributed by atoms with Crippen molar-refractivity contribution in [2.45, 2.75) is 39.3 Å². The number of hydrogen-bond acceptors (Lipinski definition) is 6. The van der Waals surface area contributed by atoms with Gasteiger partial charge in [-0.3, -0.25) is 9.20 Å². The molecule has 1 N–H and O–H groups in total. The number of amides is 1. The largest absolute Gasteiger partial charge is 0.493 e. The summed E-state index contributed by atoms with van der Waals surface area (Å²) in [6.45, 7) is 12.8. The van der Waals surface area contributed by atoms with Crippen LogP contribution in [0.5, 0.6) is 5.75 Å². The molecule has 1 aliphatic heterocycles. The van der Waals surface area contributed by atoms with E-state index in [1.807, 2.05) is 0 Å². The molecule has 188 valence electrons. The fourth-order valence-electron chi connectivity index (χ4n) is 4.21. The highest BCUT2D eigenvalue weighted by molar-refractivity contribution is 5.88. The van der Waals surface area contributed by atoms with E-state index in [1.165, 1.54) is 34.0 Å². The molecule has 10 nitrogen and oxygen atoms in total. The van der Waals surface area contributed by atoms with Crippen molar-refractivity contribution in [1.82, 2.24) is 19.4 Å². The quantitative estimate of drug-likeness (QED) is 0.407. The van der Waals surface area contributed by atoms with Gasteiger partial charge in [-0.1, -0.05) is 11.6 Å². The fourth-order valence-corrected chi connectivity index (χ4v) is 4.21. The number of fused-ring (bicyclic) bond motifs is 2. The summed E-state index contributed by atoms with van der Waals surface area (Å²) < 4.78 is 27.7. The van der Waals surface area contributed by atoms with Crippen molar-refractivity contribution in [3.8, 4) is 16.9 Å². The SMILES string of the molecule is [C-]#[N+]c1cn2c(N(Cc3c(F)ccc4c3CCO4)C(=O)OC(C)(C)C)ncc(-c3ccc[nH]c3=O)c2n1. The number of benzene rings is 1. The van der Waals surface area contributed by atoms with E-state index in [1.54, 1.807) is 39.0 Å². The Balaban J connectivity index is 1.70. The van der Waals surface area contributed by atoms with Crippen molar-refractivity contribution in [1.29, 1.82) is 0 Å². The lowest BCUT2D eigenvalue weighted by molar-refractivity contribution is 0.0574. The van der Waals surface area contributed by atoms with Gasteiger partial charge >= 0.3 is 6.09 Å². The number of rotatable bonds is 4. The first-order valence-electron chi connectivity index (χ1n) is 11.5. The summed E-state index contributed by atoms with van der Waals surface area (Å²) in [5.74, 6) is 0.162. The van der Waals surface area contributed by atoms with Crippen LogP contribution in [0.1, 0.15) is 31.9 Å². The lowest BCUT2D eigenvalue weighted by Gasteiger charge is -2.27. The van der Waals surface area contributed by atoms with Crippen LogP contribution in [-0.4, -0.2) is 37.7 Å². The third-order valence-corrected chi connectivity index (χ3v) is 5.79. The number of imidazole rings is 1. The zero-order chi connectivity index (χ0) is 26.3. The van der Waals surface area contributed by atoms with Gasteiger partial charge in [0, 0.05) is 36.1 Å². The van der Waals surface area contributed by atoms with Crippen LogP contribution in [0.2, 0.25) is 0 Å². The summed E-state index contributed by atoms with van der Waals surface area (Å²) in [5.41, 5.74) is 0.643. The smallest absolute Gasteiger partial charge is 0.417 e. The number of hydrogen-bond donors (Lipinski definition) is 1. The second kappa shape index (κ2) is 9.05. The molecule has 3 aromatic heterocycles. The van der Waals surface area contributed by atoms with Gasteiger partial charge in [0.15, 0.2) is 0 Å². The van der Waals surface area contributed by atoms with E-state index in [-0.39, 0.29) is 35.1 Å². The van der Waals surface area contributed by atoms with Crippen LogP contribution in [0.25, 0.3) is 21.6 Å². The molecule has 0 radical (unpaired) electrons. The third kappa shape index (κ3) is 4.49. The maximum absolute atomic E-state index is 15.1. The average molecular weight is 503 g/mol. The highest BCUT2D eigenvalue weighted by Gasteiger charge is 2.31. The molecule has 5 rings (SSSR count). The molecule has 0 saturated heterocycles. The van der Waals surface area contributed by atoms with E-state index in [0.717, 1.165) is 0 Å². The molecular weight excluding hydrogens is 479 g/mol. The van der Waals surface area contributed by atoms with Gasteiger partial charge in [-0.15, -0.1) is 0 Å². The summed E-state index contributed by atoms with van der Waals surface area (Å²) in [6, 6.07) is 6.14. The van der Waals surface area contributed by atoms with Crippen molar-refractivity contribution >= 4 is 23.5 Å². The summed E-state index contributed by atoms with van der Waals surface area (Å²) in [5, 5.41) is 0. The van der Waals surface area contributed by atoms with Gasteiger partial charge in [-0.05, 0) is 45.0 Å². The van der Waals surface area contributed by atoms with E-state index in [4.69, 9.17) is 16.0 Å². The van der Waals surface area contributed by atoms with Gasteiger partial charge < -0.3 is 19.3 Å². The molecule has 4 aromatic rings. The minimum atomic E-state index is -0.845. The van der Waals surface area contributed by atoms with Gasteiger partial charge in [-0.25, -0.2) is 19.1 Å². The number of carbonyl (C=O) groups is 1. The second-order valence-corrected chi connectivity index (χ2v) is 9.46. The molecule has 0 spiro atoms. The third-order valence-electron chi connectivity index (χ3n) is 5.79. The molecule has 37 heavy (non-hydrogen) atoms. The van der Waals surface area contributed by atoms with Gasteiger partial charge in [0.25, 0.3) is 11.4 Å². The minimum Gasteiger partial charge on any atom is -0.493 e. The van der Waals surface area contributed by atoms with Gasteiger partial charge in [0.1, 0.15) is 17.2 Å². The Morgan fingerprint density at radius 3 is 2.86 bits per heavy atom. The van der Waals surface area contributed by atoms with Crippen molar-refractivity contribution < 1.29 is 18.7 Å². The predicted molar refractivity (Wildman–Crippen MR) is 133 cm³/mol. The minimum absolute atomic E-state index is 0.0344. The first kappa shape index (κ1) is 24.0. The number of nitrogens with one attached hydrogen (secondary N) is 1. The average Bonchev–Trinajstić information content (AvgIpc) is 3.50. The van der Waals surface area contributed by atoms with Gasteiger partial charge in [0.2, 0.25) is 11.6 Å². The zero-order valence-electron chi connectivity index (χ0n) is 20.4. The summed E-state index contributed by atoms with van der Waals surface area (Å²) in [7, 11) is 0. The highest BCUT2D eigenvalue weighted by atomic mass is 19.1. The lowest BCUT2D eigenvalue weighted by Crippen LogP contribution is -2.38. The Hall–Kier alpha value is -4.72. The Bertz CT molecular complexity index is 1630. The maximum atomic E-state index is 15.1. The summed E-state index contributed by atoms with van der Waals surface area (Å²) >= 11 is 0. The molecule has 4 heterocycles. The number of nitrogens with zero attached hydrogens (tertiary/aromatic N) is 5. The molecule has 0 saturated carbocycles. The standard InChI is InChI=1S/C26H23FN6O4/c1-26(2,3)37-25(35)33(13-18-15-9-11-36-20(15)8-7-19(18)27)24-30-12-17(16-6-5-10-29-23(16)34)22-31-21(28-4)14-32(22)24/h5-8,10,12,14H,9,11,13H2,1-3H3,(H,29,34). The van der Waals surface area contributed by atoms with E-state index >= 15 is 4.39 Å². The number of aromatic nitrogens is 4. The number of ether oxygens (including phenoxy) is 2. The number of halogens is 1.